The first kappa shape index (κ1) is 12.6. The van der Waals surface area contributed by atoms with Crippen LogP contribution in [0.3, 0.4) is 0 Å². The van der Waals surface area contributed by atoms with Gasteiger partial charge in [0.2, 0.25) is 0 Å². The standard InChI is InChI=1S/C13H14N2O2S/c1-8-12(14-7-15-13(8)18)9-4-5-10(16-2)11(6-9)17-3/h4-7H,1-3H3,(H,14,15,18). The summed E-state index contributed by atoms with van der Waals surface area (Å²) < 4.78 is 11.1. The largest absolute Gasteiger partial charge is 0.493 e. The smallest absolute Gasteiger partial charge is 0.161 e. The summed E-state index contributed by atoms with van der Waals surface area (Å²) in [6.45, 7) is 1.94. The number of hydrogen-bond donors (Lipinski definition) is 1. The zero-order chi connectivity index (χ0) is 13.1. The molecule has 2 rings (SSSR count). The summed E-state index contributed by atoms with van der Waals surface area (Å²) in [4.78, 5) is 7.15. The van der Waals surface area contributed by atoms with Gasteiger partial charge in [-0.05, 0) is 25.1 Å². The highest BCUT2D eigenvalue weighted by Crippen LogP contribution is 2.32. The molecule has 2 aromatic rings. The number of nitrogens with one attached hydrogen (secondary N) is 1. The number of H-pyrrole nitrogens is 1. The summed E-state index contributed by atoms with van der Waals surface area (Å²) in [5, 5.41) is 0. The molecule has 0 radical (unpaired) electrons. The molecular weight excluding hydrogens is 248 g/mol. The minimum absolute atomic E-state index is 0.596. The molecular formula is C13H14N2O2S. The van der Waals surface area contributed by atoms with Crippen molar-refractivity contribution in [2.24, 2.45) is 0 Å². The minimum atomic E-state index is 0.596. The lowest BCUT2D eigenvalue weighted by molar-refractivity contribution is 0.355. The van der Waals surface area contributed by atoms with Crippen LogP contribution in [-0.2, 0) is 0 Å². The molecule has 0 saturated carbocycles. The molecule has 0 aliphatic heterocycles. The summed E-state index contributed by atoms with van der Waals surface area (Å²) >= 11 is 5.16. The number of rotatable bonds is 3. The third-order valence-corrected chi connectivity index (χ3v) is 3.17. The average Bonchev–Trinajstić information content (AvgIpc) is 2.41. The van der Waals surface area contributed by atoms with Gasteiger partial charge in [0, 0.05) is 11.1 Å². The molecule has 0 unspecified atom stereocenters. The van der Waals surface area contributed by atoms with Crippen LogP contribution in [0.2, 0.25) is 0 Å². The molecule has 1 aromatic carbocycles. The van der Waals surface area contributed by atoms with Crippen molar-refractivity contribution < 1.29 is 9.47 Å². The summed E-state index contributed by atoms with van der Waals surface area (Å²) in [5.41, 5.74) is 2.87. The number of hydrogen-bond acceptors (Lipinski definition) is 4. The maximum atomic E-state index is 5.29. The van der Waals surface area contributed by atoms with Gasteiger partial charge in [-0.15, -0.1) is 0 Å². The van der Waals surface area contributed by atoms with Gasteiger partial charge >= 0.3 is 0 Å². The summed E-state index contributed by atoms with van der Waals surface area (Å²) in [6.07, 6.45) is 1.60. The van der Waals surface area contributed by atoms with E-state index >= 15 is 0 Å². The summed E-state index contributed by atoms with van der Waals surface area (Å²) in [6, 6.07) is 5.73. The summed E-state index contributed by atoms with van der Waals surface area (Å²) in [5.74, 6) is 1.39. The molecule has 0 spiro atoms. The van der Waals surface area contributed by atoms with Gasteiger partial charge in [-0.1, -0.05) is 12.2 Å². The van der Waals surface area contributed by atoms with E-state index in [0.29, 0.717) is 16.1 Å². The third kappa shape index (κ3) is 2.22. The van der Waals surface area contributed by atoms with Crippen LogP contribution in [-0.4, -0.2) is 24.2 Å². The van der Waals surface area contributed by atoms with Gasteiger partial charge in [0.05, 0.1) is 26.2 Å². The van der Waals surface area contributed by atoms with Crippen LogP contribution in [0.25, 0.3) is 11.3 Å². The molecule has 0 aliphatic carbocycles. The third-order valence-electron chi connectivity index (χ3n) is 2.76. The quantitative estimate of drug-likeness (QED) is 0.863. The SMILES string of the molecule is COc1ccc(-c2[nH]cnc(=S)c2C)cc1OC. The second kappa shape index (κ2) is 5.18. The Morgan fingerprint density at radius 1 is 1.17 bits per heavy atom. The zero-order valence-electron chi connectivity index (χ0n) is 10.5. The van der Waals surface area contributed by atoms with E-state index in [-0.39, 0.29) is 0 Å². The fourth-order valence-electron chi connectivity index (χ4n) is 1.76. The molecule has 1 aromatic heterocycles. The Labute approximate surface area is 111 Å². The molecule has 94 valence electrons. The van der Waals surface area contributed by atoms with E-state index in [2.05, 4.69) is 9.97 Å². The number of ether oxygens (including phenoxy) is 2. The molecule has 0 atom stereocenters. The Morgan fingerprint density at radius 2 is 1.89 bits per heavy atom. The second-order valence-electron chi connectivity index (χ2n) is 3.78. The lowest BCUT2D eigenvalue weighted by atomic mass is 10.1. The number of aromatic amines is 1. The van der Waals surface area contributed by atoms with Gasteiger partial charge in [-0.2, -0.15) is 0 Å². The van der Waals surface area contributed by atoms with Crippen molar-refractivity contribution in [3.63, 3.8) is 0 Å². The predicted molar refractivity (Wildman–Crippen MR) is 72.7 cm³/mol. The van der Waals surface area contributed by atoms with Crippen molar-refractivity contribution in [2.45, 2.75) is 6.92 Å². The van der Waals surface area contributed by atoms with Gasteiger partial charge in [-0.25, -0.2) is 4.98 Å². The van der Waals surface area contributed by atoms with Crippen LogP contribution in [0.15, 0.2) is 24.5 Å². The van der Waals surface area contributed by atoms with Crippen LogP contribution >= 0.6 is 12.2 Å². The van der Waals surface area contributed by atoms with Gasteiger partial charge in [0.25, 0.3) is 0 Å². The number of methoxy groups -OCH3 is 2. The Kier molecular flexibility index (Phi) is 3.62. The van der Waals surface area contributed by atoms with E-state index in [0.717, 1.165) is 16.8 Å². The molecule has 1 N–H and O–H groups in total. The van der Waals surface area contributed by atoms with Crippen LogP contribution in [0, 0.1) is 11.6 Å². The van der Waals surface area contributed by atoms with E-state index in [4.69, 9.17) is 21.7 Å². The maximum absolute atomic E-state index is 5.29. The van der Waals surface area contributed by atoms with Crippen molar-refractivity contribution in [1.29, 1.82) is 0 Å². The molecule has 1 heterocycles. The highest BCUT2D eigenvalue weighted by Gasteiger charge is 2.09. The Balaban J connectivity index is 2.58. The average molecular weight is 262 g/mol. The van der Waals surface area contributed by atoms with E-state index in [1.807, 2.05) is 25.1 Å². The van der Waals surface area contributed by atoms with Gasteiger partial charge in [0.15, 0.2) is 11.5 Å². The molecule has 0 saturated heterocycles. The van der Waals surface area contributed by atoms with E-state index < -0.39 is 0 Å². The summed E-state index contributed by atoms with van der Waals surface area (Å²) in [7, 11) is 3.23. The second-order valence-corrected chi connectivity index (χ2v) is 4.16. The normalized spacial score (nSPS) is 10.2. The zero-order valence-corrected chi connectivity index (χ0v) is 11.3. The van der Waals surface area contributed by atoms with E-state index in [9.17, 15) is 0 Å². The molecule has 0 aliphatic rings. The molecule has 0 fully saturated rings. The van der Waals surface area contributed by atoms with Crippen LogP contribution in [0.1, 0.15) is 5.56 Å². The maximum Gasteiger partial charge on any atom is 0.161 e. The van der Waals surface area contributed by atoms with Gasteiger partial charge in [0.1, 0.15) is 4.64 Å². The Bertz CT molecular complexity index is 623. The number of nitrogens with zero attached hydrogens (tertiary/aromatic N) is 1. The number of benzene rings is 1. The minimum Gasteiger partial charge on any atom is -0.493 e. The van der Waals surface area contributed by atoms with Crippen LogP contribution in [0.5, 0.6) is 11.5 Å². The molecule has 5 heteroatoms. The first-order chi connectivity index (χ1) is 8.67. The monoisotopic (exact) mass is 262 g/mol. The van der Waals surface area contributed by atoms with Crippen molar-refractivity contribution in [3.05, 3.63) is 34.7 Å². The van der Waals surface area contributed by atoms with Crippen LogP contribution in [0.4, 0.5) is 0 Å². The Morgan fingerprint density at radius 3 is 2.56 bits per heavy atom. The highest BCUT2D eigenvalue weighted by atomic mass is 32.1. The Hall–Kier alpha value is -1.88. The van der Waals surface area contributed by atoms with Crippen molar-refractivity contribution in [3.8, 4) is 22.8 Å². The van der Waals surface area contributed by atoms with Crippen molar-refractivity contribution in [2.75, 3.05) is 14.2 Å². The highest BCUT2D eigenvalue weighted by molar-refractivity contribution is 7.71. The molecule has 4 nitrogen and oxygen atoms in total. The van der Waals surface area contributed by atoms with Crippen molar-refractivity contribution >= 4 is 12.2 Å². The first-order valence-corrected chi connectivity index (χ1v) is 5.85. The lowest BCUT2D eigenvalue weighted by Gasteiger charge is -2.11. The predicted octanol–water partition coefficient (Wildman–Crippen LogP) is 3.13. The van der Waals surface area contributed by atoms with E-state index in [1.54, 1.807) is 20.5 Å². The van der Waals surface area contributed by atoms with Crippen molar-refractivity contribution in [1.82, 2.24) is 9.97 Å². The molecule has 0 bridgehead atoms. The molecule has 18 heavy (non-hydrogen) atoms. The topological polar surface area (TPSA) is 47.1 Å². The lowest BCUT2D eigenvalue weighted by Crippen LogP contribution is -1.94. The van der Waals surface area contributed by atoms with Gasteiger partial charge in [-0.3, -0.25) is 0 Å². The first-order valence-electron chi connectivity index (χ1n) is 5.44. The fraction of sp³-hybridized carbons (Fsp3) is 0.231. The molecule has 0 amide bonds. The van der Waals surface area contributed by atoms with E-state index in [1.165, 1.54) is 0 Å². The number of aromatic nitrogens is 2. The van der Waals surface area contributed by atoms with Crippen LogP contribution < -0.4 is 9.47 Å². The fourth-order valence-corrected chi connectivity index (χ4v) is 1.91. The van der Waals surface area contributed by atoms with Gasteiger partial charge < -0.3 is 14.5 Å².